The fraction of sp³-hybridized carbons (Fsp3) is 0.179. The summed E-state index contributed by atoms with van der Waals surface area (Å²) in [6, 6.07) is 10.2. The first kappa shape index (κ1) is 23.7. The number of nitrogens with one attached hydrogen (secondary N) is 3. The smallest absolute Gasteiger partial charge is 0.181 e. The number of benzene rings is 1. The normalized spacial score (nSPS) is 12.8. The molecule has 0 aliphatic carbocycles. The Kier molecular flexibility index (Phi) is 5.61. The van der Waals surface area contributed by atoms with Crippen molar-refractivity contribution < 1.29 is 9.50 Å². The van der Waals surface area contributed by atoms with Crippen molar-refractivity contribution in [3.05, 3.63) is 73.2 Å². The van der Waals surface area contributed by atoms with Crippen LogP contribution in [0.1, 0.15) is 20.8 Å². The average molecular weight is 509 g/mol. The molecular formula is C28H25FN8O. The van der Waals surface area contributed by atoms with E-state index in [0.29, 0.717) is 28.4 Å². The summed E-state index contributed by atoms with van der Waals surface area (Å²) in [5.41, 5.74) is 6.35. The van der Waals surface area contributed by atoms with Crippen molar-refractivity contribution in [2.75, 3.05) is 5.32 Å². The molecule has 5 aromatic heterocycles. The van der Waals surface area contributed by atoms with Crippen LogP contribution in [0.15, 0.2) is 67.4 Å². The monoisotopic (exact) mass is 508 g/mol. The van der Waals surface area contributed by atoms with Crippen molar-refractivity contribution in [3.8, 4) is 33.8 Å². The van der Waals surface area contributed by atoms with Gasteiger partial charge in [-0.05, 0) is 29.8 Å². The third-order valence-corrected chi connectivity index (χ3v) is 6.39. The first-order chi connectivity index (χ1) is 18.3. The summed E-state index contributed by atoms with van der Waals surface area (Å²) in [5, 5.41) is 21.8. The van der Waals surface area contributed by atoms with Crippen molar-refractivity contribution in [2.24, 2.45) is 5.41 Å². The predicted molar refractivity (Wildman–Crippen MR) is 144 cm³/mol. The molecule has 6 aromatic rings. The van der Waals surface area contributed by atoms with Crippen LogP contribution < -0.4 is 5.32 Å². The van der Waals surface area contributed by atoms with E-state index in [0.717, 1.165) is 33.2 Å². The number of aliphatic hydroxyl groups is 1. The van der Waals surface area contributed by atoms with Crippen molar-refractivity contribution in [1.82, 2.24) is 35.1 Å². The molecule has 38 heavy (non-hydrogen) atoms. The fourth-order valence-corrected chi connectivity index (χ4v) is 4.18. The summed E-state index contributed by atoms with van der Waals surface area (Å²) < 4.78 is 13.5. The second-order valence-electron chi connectivity index (χ2n) is 10.2. The molecule has 10 heteroatoms. The number of pyridine rings is 3. The first-order valence-corrected chi connectivity index (χ1v) is 12.1. The molecule has 0 fully saturated rings. The van der Waals surface area contributed by atoms with Crippen molar-refractivity contribution in [2.45, 2.75) is 27.0 Å². The molecular weight excluding hydrogens is 483 g/mol. The zero-order valence-corrected chi connectivity index (χ0v) is 21.0. The second-order valence-corrected chi connectivity index (χ2v) is 10.2. The lowest BCUT2D eigenvalue weighted by Gasteiger charge is -2.27. The minimum Gasteiger partial charge on any atom is -0.373 e. The van der Waals surface area contributed by atoms with Gasteiger partial charge in [-0.3, -0.25) is 15.1 Å². The molecule has 0 saturated carbocycles. The molecule has 0 bridgehead atoms. The van der Waals surface area contributed by atoms with Gasteiger partial charge in [0.2, 0.25) is 0 Å². The molecule has 1 unspecified atom stereocenters. The van der Waals surface area contributed by atoms with Crippen LogP contribution in [0, 0.1) is 11.2 Å². The number of aliphatic hydroxyl groups excluding tert-OH is 1. The number of rotatable bonds is 5. The number of halogens is 1. The van der Waals surface area contributed by atoms with Crippen LogP contribution in [0.4, 0.5) is 10.1 Å². The third-order valence-electron chi connectivity index (χ3n) is 6.39. The van der Waals surface area contributed by atoms with Gasteiger partial charge in [0, 0.05) is 40.7 Å². The molecule has 0 saturated heterocycles. The highest BCUT2D eigenvalue weighted by Crippen LogP contribution is 2.32. The zero-order chi connectivity index (χ0) is 26.4. The number of aromatic amines is 2. The van der Waals surface area contributed by atoms with E-state index in [4.69, 9.17) is 4.98 Å². The fourth-order valence-electron chi connectivity index (χ4n) is 4.18. The van der Waals surface area contributed by atoms with Gasteiger partial charge in [0.25, 0.3) is 0 Å². The van der Waals surface area contributed by atoms with Crippen LogP contribution in [0.2, 0.25) is 0 Å². The zero-order valence-electron chi connectivity index (χ0n) is 21.0. The van der Waals surface area contributed by atoms with Gasteiger partial charge < -0.3 is 15.4 Å². The number of fused-ring (bicyclic) bond motifs is 2. The minimum atomic E-state index is -0.733. The van der Waals surface area contributed by atoms with Gasteiger partial charge in [0.15, 0.2) is 11.5 Å². The van der Waals surface area contributed by atoms with Gasteiger partial charge in [0.1, 0.15) is 17.7 Å². The van der Waals surface area contributed by atoms with Gasteiger partial charge in [-0.1, -0.05) is 32.9 Å². The molecule has 1 atom stereocenters. The molecule has 0 aliphatic rings. The van der Waals surface area contributed by atoms with Gasteiger partial charge in [-0.15, -0.1) is 0 Å². The summed E-state index contributed by atoms with van der Waals surface area (Å²) >= 11 is 0. The lowest BCUT2D eigenvalue weighted by Crippen LogP contribution is -2.33. The number of H-pyrrole nitrogens is 2. The Morgan fingerprint density at radius 1 is 0.921 bits per heavy atom. The van der Waals surface area contributed by atoms with Crippen LogP contribution in [0.3, 0.4) is 0 Å². The van der Waals surface area contributed by atoms with E-state index < -0.39 is 6.23 Å². The number of anilines is 1. The molecule has 0 spiro atoms. The molecule has 1 aromatic carbocycles. The maximum Gasteiger partial charge on any atom is 0.181 e. The maximum atomic E-state index is 13.5. The number of imidazole rings is 1. The SMILES string of the molecule is CC(C)(C)C(O)Nc1cncc(-c2cnc3n[nH]c(-c4nc5c(-c6ccc(F)cc6)cncc5[nH]4)c3c2)c1. The largest absolute Gasteiger partial charge is 0.373 e. The van der Waals surface area contributed by atoms with Crippen LogP contribution in [-0.4, -0.2) is 46.5 Å². The van der Waals surface area contributed by atoms with E-state index >= 15 is 0 Å². The van der Waals surface area contributed by atoms with E-state index in [1.165, 1.54) is 12.1 Å². The van der Waals surface area contributed by atoms with Crippen LogP contribution >= 0.6 is 0 Å². The summed E-state index contributed by atoms with van der Waals surface area (Å²) in [6.07, 6.45) is 7.85. The quantitative estimate of drug-likeness (QED) is 0.225. The predicted octanol–water partition coefficient (Wildman–Crippen LogP) is 5.54. The van der Waals surface area contributed by atoms with E-state index in [2.05, 4.69) is 35.5 Å². The Morgan fingerprint density at radius 2 is 1.68 bits per heavy atom. The van der Waals surface area contributed by atoms with E-state index in [1.807, 2.05) is 32.9 Å². The topological polar surface area (TPSA) is 128 Å². The molecule has 5 heterocycles. The van der Waals surface area contributed by atoms with E-state index in [1.54, 1.807) is 43.1 Å². The highest BCUT2D eigenvalue weighted by Gasteiger charge is 2.22. The molecule has 9 nitrogen and oxygen atoms in total. The first-order valence-electron chi connectivity index (χ1n) is 12.1. The number of aromatic nitrogens is 7. The van der Waals surface area contributed by atoms with Gasteiger partial charge in [-0.2, -0.15) is 5.10 Å². The van der Waals surface area contributed by atoms with Crippen molar-refractivity contribution in [3.63, 3.8) is 0 Å². The summed E-state index contributed by atoms with van der Waals surface area (Å²) in [6.45, 7) is 5.87. The Labute approximate surface area is 217 Å². The minimum absolute atomic E-state index is 0.300. The molecule has 190 valence electrons. The highest BCUT2D eigenvalue weighted by molar-refractivity contribution is 5.96. The summed E-state index contributed by atoms with van der Waals surface area (Å²) in [5.74, 6) is 0.283. The number of nitrogens with zero attached hydrogens (tertiary/aromatic N) is 5. The Balaban J connectivity index is 1.39. The maximum absolute atomic E-state index is 13.5. The summed E-state index contributed by atoms with van der Waals surface area (Å²) in [4.78, 5) is 21.4. The van der Waals surface area contributed by atoms with Gasteiger partial charge >= 0.3 is 0 Å². The third kappa shape index (κ3) is 4.35. The van der Waals surface area contributed by atoms with Gasteiger partial charge in [0.05, 0.1) is 34.5 Å². The highest BCUT2D eigenvalue weighted by atomic mass is 19.1. The lowest BCUT2D eigenvalue weighted by atomic mass is 9.94. The molecule has 4 N–H and O–H groups in total. The molecule has 0 amide bonds. The molecule has 0 radical (unpaired) electrons. The van der Waals surface area contributed by atoms with Crippen LogP contribution in [-0.2, 0) is 0 Å². The number of hydrogen-bond acceptors (Lipinski definition) is 7. The average Bonchev–Trinajstić information content (AvgIpc) is 3.52. The Morgan fingerprint density at radius 3 is 2.47 bits per heavy atom. The van der Waals surface area contributed by atoms with E-state index in [9.17, 15) is 9.50 Å². The number of hydrogen-bond donors (Lipinski definition) is 4. The molecule has 0 aliphatic heterocycles. The summed E-state index contributed by atoms with van der Waals surface area (Å²) in [7, 11) is 0. The lowest BCUT2D eigenvalue weighted by molar-refractivity contribution is 0.0880. The van der Waals surface area contributed by atoms with Crippen LogP contribution in [0.25, 0.3) is 55.8 Å². The van der Waals surface area contributed by atoms with E-state index in [-0.39, 0.29) is 11.2 Å². The molecule has 6 rings (SSSR count). The van der Waals surface area contributed by atoms with Crippen molar-refractivity contribution in [1.29, 1.82) is 0 Å². The Hall–Kier alpha value is -4.70. The van der Waals surface area contributed by atoms with Gasteiger partial charge in [-0.25, -0.2) is 14.4 Å². The second kappa shape index (κ2) is 9.00. The van der Waals surface area contributed by atoms with Crippen LogP contribution in [0.5, 0.6) is 0 Å². The standard InChI is InChI=1S/C28H25FN8O/c1-28(2,3)27(38)33-19-8-16(10-30-12-19)17-9-20-24(36-37-25(20)32-11-17)26-34-22-14-31-13-21(23(22)35-26)15-4-6-18(29)7-5-15/h4-14,27,33,38H,1-3H3,(H,34,35)(H,32,36,37). The van der Waals surface area contributed by atoms with Crippen molar-refractivity contribution >= 4 is 27.8 Å². The Bertz CT molecular complexity index is 1770.